The first-order valence-electron chi connectivity index (χ1n) is 3.47. The smallest absolute Gasteiger partial charge is 0.103 e. The van der Waals surface area contributed by atoms with Gasteiger partial charge in [0.15, 0.2) is 0 Å². The third-order valence-electron chi connectivity index (χ3n) is 1.70. The molecule has 0 bridgehead atoms. The van der Waals surface area contributed by atoms with Gasteiger partial charge in [-0.1, -0.05) is 12.2 Å². The van der Waals surface area contributed by atoms with E-state index in [-0.39, 0.29) is 6.10 Å². The molecule has 0 fully saturated rings. The lowest BCUT2D eigenvalue weighted by Gasteiger charge is -2.21. The molecular formula is C8H9NO. The van der Waals surface area contributed by atoms with Gasteiger partial charge in [0.05, 0.1) is 12.3 Å². The van der Waals surface area contributed by atoms with Gasteiger partial charge in [0, 0.05) is 6.21 Å². The Morgan fingerprint density at radius 3 is 3.50 bits per heavy atom. The molecule has 2 nitrogen and oxygen atoms in total. The second-order valence-electron chi connectivity index (χ2n) is 2.39. The zero-order valence-electron chi connectivity index (χ0n) is 5.66. The predicted octanol–water partition coefficient (Wildman–Crippen LogP) is 1.30. The lowest BCUT2D eigenvalue weighted by Crippen LogP contribution is -2.21. The van der Waals surface area contributed by atoms with Gasteiger partial charge >= 0.3 is 0 Å². The first-order chi connectivity index (χ1) is 4.97. The molecule has 0 amide bonds. The van der Waals surface area contributed by atoms with Crippen molar-refractivity contribution >= 4 is 6.21 Å². The average Bonchev–Trinajstić information content (AvgIpc) is 2.05. The molecule has 1 heterocycles. The van der Waals surface area contributed by atoms with Gasteiger partial charge in [0.1, 0.15) is 6.10 Å². The Morgan fingerprint density at radius 2 is 2.60 bits per heavy atom. The molecule has 2 rings (SSSR count). The maximum atomic E-state index is 5.41. The minimum absolute atomic E-state index is 0.231. The van der Waals surface area contributed by atoms with Gasteiger partial charge in [-0.2, -0.15) is 0 Å². The first-order valence-corrected chi connectivity index (χ1v) is 3.47. The SMILES string of the molecule is C1=CCC2OCC=NC2=C1. The summed E-state index contributed by atoms with van der Waals surface area (Å²) in [7, 11) is 0. The second kappa shape index (κ2) is 2.39. The molecule has 0 spiro atoms. The summed E-state index contributed by atoms with van der Waals surface area (Å²) >= 11 is 0. The fourth-order valence-corrected chi connectivity index (χ4v) is 1.18. The van der Waals surface area contributed by atoms with Crippen LogP contribution in [0.5, 0.6) is 0 Å². The van der Waals surface area contributed by atoms with Crippen LogP contribution in [0, 0.1) is 0 Å². The largest absolute Gasteiger partial charge is 0.366 e. The van der Waals surface area contributed by atoms with Gasteiger partial charge in [-0.05, 0) is 12.5 Å². The summed E-state index contributed by atoms with van der Waals surface area (Å²) in [6, 6.07) is 0. The Labute approximate surface area is 59.9 Å². The topological polar surface area (TPSA) is 21.6 Å². The molecule has 0 aromatic rings. The van der Waals surface area contributed by atoms with Gasteiger partial charge in [0.25, 0.3) is 0 Å². The van der Waals surface area contributed by atoms with Crippen LogP contribution in [0.1, 0.15) is 6.42 Å². The van der Waals surface area contributed by atoms with E-state index in [2.05, 4.69) is 11.1 Å². The number of ether oxygens (including phenoxy) is 1. The molecule has 52 valence electrons. The minimum atomic E-state index is 0.231. The van der Waals surface area contributed by atoms with Crippen LogP contribution in [0.15, 0.2) is 28.9 Å². The summed E-state index contributed by atoms with van der Waals surface area (Å²) in [4.78, 5) is 4.21. The van der Waals surface area contributed by atoms with E-state index in [1.54, 1.807) is 0 Å². The molecule has 0 aromatic heterocycles. The molecule has 0 saturated carbocycles. The van der Waals surface area contributed by atoms with Crippen LogP contribution in [-0.2, 0) is 4.74 Å². The molecule has 1 atom stereocenters. The van der Waals surface area contributed by atoms with Crippen LogP contribution in [-0.4, -0.2) is 18.9 Å². The molecule has 0 N–H and O–H groups in total. The number of allylic oxidation sites excluding steroid dienone is 2. The predicted molar refractivity (Wildman–Crippen MR) is 40.1 cm³/mol. The van der Waals surface area contributed by atoms with E-state index in [4.69, 9.17) is 4.74 Å². The van der Waals surface area contributed by atoms with Gasteiger partial charge in [-0.3, -0.25) is 4.99 Å². The van der Waals surface area contributed by atoms with E-state index in [0.29, 0.717) is 6.61 Å². The van der Waals surface area contributed by atoms with E-state index in [1.165, 1.54) is 0 Å². The van der Waals surface area contributed by atoms with Crippen molar-refractivity contribution in [3.63, 3.8) is 0 Å². The number of hydrogen-bond donors (Lipinski definition) is 0. The second-order valence-corrected chi connectivity index (χ2v) is 2.39. The summed E-state index contributed by atoms with van der Waals surface area (Å²) in [5.74, 6) is 0. The van der Waals surface area contributed by atoms with E-state index < -0.39 is 0 Å². The fraction of sp³-hybridized carbons (Fsp3) is 0.375. The molecule has 1 aliphatic heterocycles. The van der Waals surface area contributed by atoms with E-state index in [0.717, 1.165) is 12.1 Å². The van der Waals surface area contributed by atoms with Crippen molar-refractivity contribution in [3.05, 3.63) is 23.9 Å². The number of fused-ring (bicyclic) bond motifs is 1. The zero-order chi connectivity index (χ0) is 6.81. The van der Waals surface area contributed by atoms with Gasteiger partial charge in [0.2, 0.25) is 0 Å². The minimum Gasteiger partial charge on any atom is -0.366 e. The molecule has 0 saturated heterocycles. The summed E-state index contributed by atoms with van der Waals surface area (Å²) in [5, 5.41) is 0. The molecular weight excluding hydrogens is 126 g/mol. The highest BCUT2D eigenvalue weighted by molar-refractivity contribution is 5.62. The number of nitrogens with zero attached hydrogens (tertiary/aromatic N) is 1. The van der Waals surface area contributed by atoms with Crippen molar-refractivity contribution in [1.29, 1.82) is 0 Å². The first kappa shape index (κ1) is 5.86. The third kappa shape index (κ3) is 0.907. The van der Waals surface area contributed by atoms with Gasteiger partial charge in [-0.25, -0.2) is 0 Å². The highest BCUT2D eigenvalue weighted by atomic mass is 16.5. The Morgan fingerprint density at radius 1 is 1.60 bits per heavy atom. The lowest BCUT2D eigenvalue weighted by atomic mass is 10.1. The highest BCUT2D eigenvalue weighted by Crippen LogP contribution is 2.19. The van der Waals surface area contributed by atoms with Crippen molar-refractivity contribution in [2.45, 2.75) is 12.5 Å². The van der Waals surface area contributed by atoms with E-state index >= 15 is 0 Å². The Kier molecular flexibility index (Phi) is 1.40. The van der Waals surface area contributed by atoms with Crippen molar-refractivity contribution in [3.8, 4) is 0 Å². The van der Waals surface area contributed by atoms with Crippen LogP contribution in [0.2, 0.25) is 0 Å². The Bertz CT molecular complexity index is 215. The summed E-state index contributed by atoms with van der Waals surface area (Å²) < 4.78 is 5.41. The van der Waals surface area contributed by atoms with Gasteiger partial charge < -0.3 is 4.74 Å². The molecule has 0 aromatic carbocycles. The molecule has 0 radical (unpaired) electrons. The summed E-state index contributed by atoms with van der Waals surface area (Å²) in [6.07, 6.45) is 9.15. The van der Waals surface area contributed by atoms with Gasteiger partial charge in [-0.15, -0.1) is 0 Å². The van der Waals surface area contributed by atoms with Crippen LogP contribution in [0.25, 0.3) is 0 Å². The maximum absolute atomic E-state index is 5.41. The lowest BCUT2D eigenvalue weighted by molar-refractivity contribution is 0.104. The molecule has 1 aliphatic carbocycles. The van der Waals surface area contributed by atoms with Crippen LogP contribution in [0.4, 0.5) is 0 Å². The Hall–Kier alpha value is -0.890. The average molecular weight is 135 g/mol. The zero-order valence-corrected chi connectivity index (χ0v) is 5.66. The quantitative estimate of drug-likeness (QED) is 0.490. The molecule has 2 aliphatic rings. The van der Waals surface area contributed by atoms with E-state index in [1.807, 2.05) is 18.4 Å². The standard InChI is InChI=1S/C8H9NO/c1-2-4-8-7(3-1)9-5-6-10-8/h1-3,5,8H,4,6H2. The molecule has 2 heteroatoms. The molecule has 10 heavy (non-hydrogen) atoms. The number of hydrogen-bond acceptors (Lipinski definition) is 2. The van der Waals surface area contributed by atoms with Crippen molar-refractivity contribution < 1.29 is 4.74 Å². The van der Waals surface area contributed by atoms with Crippen LogP contribution >= 0.6 is 0 Å². The highest BCUT2D eigenvalue weighted by Gasteiger charge is 2.16. The number of aliphatic imine (C=N–C) groups is 1. The van der Waals surface area contributed by atoms with Crippen molar-refractivity contribution in [1.82, 2.24) is 0 Å². The van der Waals surface area contributed by atoms with Crippen LogP contribution < -0.4 is 0 Å². The van der Waals surface area contributed by atoms with E-state index in [9.17, 15) is 0 Å². The number of rotatable bonds is 0. The summed E-state index contributed by atoms with van der Waals surface area (Å²) in [6.45, 7) is 0.663. The maximum Gasteiger partial charge on any atom is 0.103 e. The third-order valence-corrected chi connectivity index (χ3v) is 1.70. The normalized spacial score (nSPS) is 29.6. The van der Waals surface area contributed by atoms with Crippen molar-refractivity contribution in [2.24, 2.45) is 4.99 Å². The van der Waals surface area contributed by atoms with Crippen LogP contribution in [0.3, 0.4) is 0 Å². The Balaban J connectivity index is 2.27. The monoisotopic (exact) mass is 135 g/mol. The molecule has 1 unspecified atom stereocenters. The summed E-state index contributed by atoms with van der Waals surface area (Å²) in [5.41, 5.74) is 1.06. The van der Waals surface area contributed by atoms with Crippen molar-refractivity contribution in [2.75, 3.05) is 6.61 Å². The fourth-order valence-electron chi connectivity index (χ4n) is 1.18.